The molecule has 0 aliphatic rings. The lowest BCUT2D eigenvalue weighted by molar-refractivity contribution is 0.412. The largest absolute Gasteiger partial charge is 0.496 e. The SMILES string of the molecule is COc1ccc(NS(=O)(=O)c2ccccc2C#N)cc1C. The molecule has 0 unspecified atom stereocenters. The van der Waals surface area contributed by atoms with Crippen LogP contribution in [0.25, 0.3) is 0 Å². The second-order valence-electron chi connectivity index (χ2n) is 4.40. The van der Waals surface area contributed by atoms with Crippen LogP contribution in [0.3, 0.4) is 0 Å². The molecule has 1 N–H and O–H groups in total. The number of anilines is 1. The molecule has 0 fully saturated rings. The zero-order valence-corrected chi connectivity index (χ0v) is 12.4. The average Bonchev–Trinajstić information content (AvgIpc) is 2.47. The standard InChI is InChI=1S/C15H14N2O3S/c1-11-9-13(7-8-14(11)20-2)17-21(18,19)15-6-4-3-5-12(15)10-16/h3-9,17H,1-2H3. The molecule has 0 saturated heterocycles. The Morgan fingerprint density at radius 1 is 1.19 bits per heavy atom. The van der Waals surface area contributed by atoms with Gasteiger partial charge in [0, 0.05) is 5.69 Å². The monoisotopic (exact) mass is 302 g/mol. The second kappa shape index (κ2) is 5.85. The number of methoxy groups -OCH3 is 1. The predicted molar refractivity (Wildman–Crippen MR) is 79.7 cm³/mol. The normalized spacial score (nSPS) is 10.7. The van der Waals surface area contributed by atoms with Gasteiger partial charge in [-0.05, 0) is 42.8 Å². The van der Waals surface area contributed by atoms with Crippen molar-refractivity contribution in [3.05, 3.63) is 53.6 Å². The van der Waals surface area contributed by atoms with E-state index < -0.39 is 10.0 Å². The molecule has 0 radical (unpaired) electrons. The summed E-state index contributed by atoms with van der Waals surface area (Å²) in [6.45, 7) is 1.82. The molecule has 2 aromatic carbocycles. The molecule has 0 bridgehead atoms. The third-order valence-electron chi connectivity index (χ3n) is 2.94. The number of nitrogens with zero attached hydrogens (tertiary/aromatic N) is 1. The summed E-state index contributed by atoms with van der Waals surface area (Å²) < 4.78 is 32.3. The predicted octanol–water partition coefficient (Wildman–Crippen LogP) is 2.68. The Hall–Kier alpha value is -2.52. The third kappa shape index (κ3) is 3.15. The molecule has 6 heteroatoms. The molecule has 2 rings (SSSR count). The van der Waals surface area contributed by atoms with Crippen LogP contribution in [-0.2, 0) is 10.0 Å². The molecule has 0 atom stereocenters. The van der Waals surface area contributed by atoms with E-state index in [9.17, 15) is 8.42 Å². The summed E-state index contributed by atoms with van der Waals surface area (Å²) in [5.74, 6) is 0.676. The van der Waals surface area contributed by atoms with Crippen molar-refractivity contribution in [1.82, 2.24) is 0 Å². The lowest BCUT2D eigenvalue weighted by Gasteiger charge is -2.11. The van der Waals surface area contributed by atoms with Crippen LogP contribution in [0.4, 0.5) is 5.69 Å². The van der Waals surface area contributed by atoms with E-state index in [0.717, 1.165) is 5.56 Å². The Balaban J connectivity index is 2.38. The number of hydrogen-bond donors (Lipinski definition) is 1. The molecular formula is C15H14N2O3S. The number of nitriles is 1. The zero-order valence-electron chi connectivity index (χ0n) is 11.6. The second-order valence-corrected chi connectivity index (χ2v) is 6.05. The Morgan fingerprint density at radius 3 is 2.52 bits per heavy atom. The van der Waals surface area contributed by atoms with Crippen molar-refractivity contribution in [2.24, 2.45) is 0 Å². The van der Waals surface area contributed by atoms with Crippen LogP contribution >= 0.6 is 0 Å². The van der Waals surface area contributed by atoms with Gasteiger partial charge in [0.2, 0.25) is 0 Å². The van der Waals surface area contributed by atoms with E-state index in [1.54, 1.807) is 37.4 Å². The minimum absolute atomic E-state index is 0.0408. The van der Waals surface area contributed by atoms with Crippen LogP contribution in [0, 0.1) is 18.3 Å². The number of benzene rings is 2. The highest BCUT2D eigenvalue weighted by Crippen LogP contribution is 2.24. The van der Waals surface area contributed by atoms with Crippen molar-refractivity contribution >= 4 is 15.7 Å². The minimum atomic E-state index is -3.81. The van der Waals surface area contributed by atoms with E-state index in [1.807, 2.05) is 13.0 Å². The minimum Gasteiger partial charge on any atom is -0.496 e. The van der Waals surface area contributed by atoms with Crippen molar-refractivity contribution < 1.29 is 13.2 Å². The van der Waals surface area contributed by atoms with Gasteiger partial charge >= 0.3 is 0 Å². The Bertz CT molecular complexity index is 808. The zero-order chi connectivity index (χ0) is 15.5. The maximum atomic E-state index is 12.4. The van der Waals surface area contributed by atoms with Crippen molar-refractivity contribution in [1.29, 1.82) is 5.26 Å². The number of nitrogens with one attached hydrogen (secondary N) is 1. The highest BCUT2D eigenvalue weighted by atomic mass is 32.2. The van der Waals surface area contributed by atoms with Gasteiger partial charge in [0.05, 0.1) is 12.7 Å². The van der Waals surface area contributed by atoms with Gasteiger partial charge in [-0.15, -0.1) is 0 Å². The summed E-state index contributed by atoms with van der Waals surface area (Å²) >= 11 is 0. The Kier molecular flexibility index (Phi) is 4.15. The summed E-state index contributed by atoms with van der Waals surface area (Å²) in [7, 11) is -2.25. The van der Waals surface area contributed by atoms with Gasteiger partial charge in [-0.1, -0.05) is 12.1 Å². The van der Waals surface area contributed by atoms with Gasteiger partial charge in [0.25, 0.3) is 10.0 Å². The first kappa shape index (κ1) is 14.9. The first-order chi connectivity index (χ1) is 9.97. The van der Waals surface area contributed by atoms with Crippen LogP contribution in [0.5, 0.6) is 5.75 Å². The molecule has 21 heavy (non-hydrogen) atoms. The van der Waals surface area contributed by atoms with E-state index in [2.05, 4.69) is 4.72 Å². The lowest BCUT2D eigenvalue weighted by atomic mass is 10.2. The summed E-state index contributed by atoms with van der Waals surface area (Å²) in [4.78, 5) is -0.0408. The topological polar surface area (TPSA) is 79.2 Å². The molecule has 0 saturated carbocycles. The fourth-order valence-electron chi connectivity index (χ4n) is 1.95. The molecule has 0 amide bonds. The summed E-state index contributed by atoms with van der Waals surface area (Å²) in [5, 5.41) is 9.00. The number of hydrogen-bond acceptors (Lipinski definition) is 4. The van der Waals surface area contributed by atoms with Gasteiger partial charge in [-0.2, -0.15) is 5.26 Å². The van der Waals surface area contributed by atoms with Crippen molar-refractivity contribution in [3.63, 3.8) is 0 Å². The van der Waals surface area contributed by atoms with Crippen molar-refractivity contribution in [2.45, 2.75) is 11.8 Å². The van der Waals surface area contributed by atoms with E-state index in [0.29, 0.717) is 11.4 Å². The Morgan fingerprint density at radius 2 is 1.90 bits per heavy atom. The van der Waals surface area contributed by atoms with Crippen LogP contribution in [0.1, 0.15) is 11.1 Å². The van der Waals surface area contributed by atoms with Gasteiger partial charge in [0.1, 0.15) is 16.7 Å². The molecule has 0 aliphatic heterocycles. The Labute approximate surface area is 123 Å². The fraction of sp³-hybridized carbons (Fsp3) is 0.133. The lowest BCUT2D eigenvalue weighted by Crippen LogP contribution is -2.14. The van der Waals surface area contributed by atoms with E-state index >= 15 is 0 Å². The summed E-state index contributed by atoms with van der Waals surface area (Å²) in [6, 6.07) is 12.9. The van der Waals surface area contributed by atoms with E-state index in [4.69, 9.17) is 10.00 Å². The molecule has 0 aromatic heterocycles. The number of sulfonamides is 1. The van der Waals surface area contributed by atoms with Crippen molar-refractivity contribution in [3.8, 4) is 11.8 Å². The van der Waals surface area contributed by atoms with Gasteiger partial charge in [0.15, 0.2) is 0 Å². The van der Waals surface area contributed by atoms with E-state index in [1.165, 1.54) is 12.1 Å². The van der Waals surface area contributed by atoms with Gasteiger partial charge in [-0.3, -0.25) is 4.72 Å². The average molecular weight is 302 g/mol. The highest BCUT2D eigenvalue weighted by Gasteiger charge is 2.18. The maximum Gasteiger partial charge on any atom is 0.263 e. The summed E-state index contributed by atoms with van der Waals surface area (Å²) in [5.41, 5.74) is 1.34. The molecule has 2 aromatic rings. The summed E-state index contributed by atoms with van der Waals surface area (Å²) in [6.07, 6.45) is 0. The van der Waals surface area contributed by atoms with Crippen LogP contribution in [0.15, 0.2) is 47.4 Å². The maximum absolute atomic E-state index is 12.4. The van der Waals surface area contributed by atoms with Gasteiger partial charge in [-0.25, -0.2) is 8.42 Å². The number of ether oxygens (including phenoxy) is 1. The molecule has 108 valence electrons. The highest BCUT2D eigenvalue weighted by molar-refractivity contribution is 7.92. The first-order valence-corrected chi connectivity index (χ1v) is 7.63. The first-order valence-electron chi connectivity index (χ1n) is 6.14. The molecule has 0 heterocycles. The van der Waals surface area contributed by atoms with Crippen LogP contribution < -0.4 is 9.46 Å². The third-order valence-corrected chi connectivity index (χ3v) is 4.38. The smallest absolute Gasteiger partial charge is 0.263 e. The molecular weight excluding hydrogens is 288 g/mol. The van der Waals surface area contributed by atoms with Crippen LogP contribution in [0.2, 0.25) is 0 Å². The number of rotatable bonds is 4. The molecule has 5 nitrogen and oxygen atoms in total. The fourth-order valence-corrected chi connectivity index (χ4v) is 3.15. The number of aryl methyl sites for hydroxylation is 1. The molecule has 0 spiro atoms. The quantitative estimate of drug-likeness (QED) is 0.941. The van der Waals surface area contributed by atoms with Crippen molar-refractivity contribution in [2.75, 3.05) is 11.8 Å². The van der Waals surface area contributed by atoms with Gasteiger partial charge < -0.3 is 4.74 Å². The van der Waals surface area contributed by atoms with E-state index in [-0.39, 0.29) is 10.5 Å². The van der Waals surface area contributed by atoms with Crippen LogP contribution in [-0.4, -0.2) is 15.5 Å². The molecule has 0 aliphatic carbocycles.